The van der Waals surface area contributed by atoms with Crippen molar-refractivity contribution in [1.29, 1.82) is 0 Å². The number of anilines is 1. The first kappa shape index (κ1) is 19.0. The summed E-state index contributed by atoms with van der Waals surface area (Å²) in [7, 11) is 1.97. The van der Waals surface area contributed by atoms with Gasteiger partial charge in [-0.25, -0.2) is 9.78 Å². The number of aromatic nitrogens is 1. The minimum absolute atomic E-state index is 0.0857. The summed E-state index contributed by atoms with van der Waals surface area (Å²) in [5.41, 5.74) is 2.12. The van der Waals surface area contributed by atoms with E-state index in [1.165, 1.54) is 0 Å². The topological polar surface area (TPSA) is 72.7 Å². The van der Waals surface area contributed by atoms with E-state index < -0.39 is 0 Å². The van der Waals surface area contributed by atoms with Gasteiger partial charge in [-0.05, 0) is 43.3 Å². The SMILES string of the molecule is CCOC(=O)c1ccc(NC(=O)C[NH+](C)Cc2nc3ccccc3s2)cc1. The first-order chi connectivity index (χ1) is 13.0. The van der Waals surface area contributed by atoms with Crippen LogP contribution in [0.3, 0.4) is 0 Å². The number of para-hydroxylation sites is 1. The van der Waals surface area contributed by atoms with Crippen LogP contribution in [0.4, 0.5) is 5.69 Å². The third-order valence-electron chi connectivity index (χ3n) is 3.93. The van der Waals surface area contributed by atoms with Crippen LogP contribution in [0.2, 0.25) is 0 Å². The average Bonchev–Trinajstić information content (AvgIpc) is 3.04. The fourth-order valence-electron chi connectivity index (χ4n) is 2.70. The number of carbonyl (C=O) groups is 2. The summed E-state index contributed by atoms with van der Waals surface area (Å²) in [6, 6.07) is 14.7. The fourth-order valence-corrected chi connectivity index (χ4v) is 3.78. The normalized spacial score (nSPS) is 11.9. The third kappa shape index (κ3) is 5.12. The molecule has 1 amide bonds. The Morgan fingerprint density at radius 1 is 1.15 bits per heavy atom. The van der Waals surface area contributed by atoms with Crippen molar-refractivity contribution in [3.63, 3.8) is 0 Å². The highest BCUT2D eigenvalue weighted by molar-refractivity contribution is 7.18. The molecule has 0 saturated heterocycles. The number of esters is 1. The Bertz CT molecular complexity index is 904. The Morgan fingerprint density at radius 3 is 2.59 bits per heavy atom. The second-order valence-electron chi connectivity index (χ2n) is 6.23. The maximum atomic E-state index is 12.3. The van der Waals surface area contributed by atoms with Gasteiger partial charge in [-0.3, -0.25) is 4.79 Å². The van der Waals surface area contributed by atoms with E-state index in [2.05, 4.69) is 16.4 Å². The van der Waals surface area contributed by atoms with Gasteiger partial charge in [0.15, 0.2) is 6.54 Å². The van der Waals surface area contributed by atoms with Crippen LogP contribution in [0.5, 0.6) is 0 Å². The van der Waals surface area contributed by atoms with Gasteiger partial charge in [0.05, 0.1) is 29.4 Å². The number of quaternary nitrogens is 1. The van der Waals surface area contributed by atoms with Crippen molar-refractivity contribution in [2.75, 3.05) is 25.5 Å². The van der Waals surface area contributed by atoms with Crippen LogP contribution < -0.4 is 10.2 Å². The second-order valence-corrected chi connectivity index (χ2v) is 7.35. The number of benzene rings is 2. The van der Waals surface area contributed by atoms with Gasteiger partial charge in [-0.15, -0.1) is 11.3 Å². The number of ether oxygens (including phenoxy) is 1. The molecule has 7 heteroatoms. The Labute approximate surface area is 161 Å². The molecular formula is C20H22N3O3S+. The summed E-state index contributed by atoms with van der Waals surface area (Å²) in [4.78, 5) is 29.6. The molecule has 1 aromatic heterocycles. The predicted molar refractivity (Wildman–Crippen MR) is 106 cm³/mol. The summed E-state index contributed by atoms with van der Waals surface area (Å²) < 4.78 is 6.10. The van der Waals surface area contributed by atoms with E-state index in [0.717, 1.165) is 20.1 Å². The highest BCUT2D eigenvalue weighted by Gasteiger charge is 2.14. The van der Waals surface area contributed by atoms with Crippen molar-refractivity contribution in [3.05, 3.63) is 59.1 Å². The van der Waals surface area contributed by atoms with Gasteiger partial charge < -0.3 is 15.0 Å². The monoisotopic (exact) mass is 384 g/mol. The van der Waals surface area contributed by atoms with Crippen molar-refractivity contribution >= 4 is 39.1 Å². The molecule has 0 aliphatic carbocycles. The van der Waals surface area contributed by atoms with Crippen LogP contribution in [0, 0.1) is 0 Å². The smallest absolute Gasteiger partial charge is 0.338 e. The molecule has 3 aromatic rings. The molecule has 3 rings (SSSR count). The zero-order chi connectivity index (χ0) is 19.2. The van der Waals surface area contributed by atoms with Crippen molar-refractivity contribution in [2.24, 2.45) is 0 Å². The largest absolute Gasteiger partial charge is 0.462 e. The summed E-state index contributed by atoms with van der Waals surface area (Å²) in [5, 5.41) is 3.87. The minimum Gasteiger partial charge on any atom is -0.462 e. The molecule has 1 unspecified atom stereocenters. The quantitative estimate of drug-likeness (QED) is 0.612. The lowest BCUT2D eigenvalue weighted by molar-refractivity contribution is -0.885. The summed E-state index contributed by atoms with van der Waals surface area (Å²) in [6.45, 7) is 3.12. The van der Waals surface area contributed by atoms with E-state index in [9.17, 15) is 9.59 Å². The van der Waals surface area contributed by atoms with E-state index in [0.29, 0.717) is 30.9 Å². The van der Waals surface area contributed by atoms with Crippen LogP contribution in [0.1, 0.15) is 22.3 Å². The lowest BCUT2D eigenvalue weighted by Gasteiger charge is -2.12. The summed E-state index contributed by atoms with van der Waals surface area (Å²) >= 11 is 1.66. The third-order valence-corrected chi connectivity index (χ3v) is 4.97. The van der Waals surface area contributed by atoms with Crippen LogP contribution in [-0.2, 0) is 16.1 Å². The van der Waals surface area contributed by atoms with E-state index in [1.54, 1.807) is 42.5 Å². The zero-order valence-corrected chi connectivity index (χ0v) is 16.1. The number of hydrogen-bond acceptors (Lipinski definition) is 5. The molecule has 0 aliphatic heterocycles. The molecule has 0 aliphatic rings. The predicted octanol–water partition coefficient (Wildman–Crippen LogP) is 2.13. The maximum absolute atomic E-state index is 12.3. The highest BCUT2D eigenvalue weighted by atomic mass is 32.1. The number of fused-ring (bicyclic) bond motifs is 1. The second kappa shape index (κ2) is 8.75. The van der Waals surface area contributed by atoms with Gasteiger partial charge in [-0.2, -0.15) is 0 Å². The van der Waals surface area contributed by atoms with Gasteiger partial charge in [-0.1, -0.05) is 12.1 Å². The van der Waals surface area contributed by atoms with Crippen LogP contribution >= 0.6 is 11.3 Å². The first-order valence-electron chi connectivity index (χ1n) is 8.78. The molecule has 1 heterocycles. The van der Waals surface area contributed by atoms with Crippen LogP contribution in [0.25, 0.3) is 10.2 Å². The molecule has 2 N–H and O–H groups in total. The van der Waals surface area contributed by atoms with E-state index >= 15 is 0 Å². The standard InChI is InChI=1S/C20H21N3O3S/c1-3-26-20(25)14-8-10-15(11-9-14)21-18(24)12-23(2)13-19-22-16-6-4-5-7-17(16)27-19/h4-11H,3,12-13H2,1-2H3,(H,21,24)/p+1. The Balaban J connectivity index is 1.53. The number of hydrogen-bond donors (Lipinski definition) is 2. The number of rotatable bonds is 7. The van der Waals surface area contributed by atoms with Crippen LogP contribution in [-0.4, -0.2) is 37.1 Å². The van der Waals surface area contributed by atoms with Gasteiger partial charge in [0, 0.05) is 5.69 Å². The number of carbonyl (C=O) groups excluding carboxylic acids is 2. The molecule has 0 fully saturated rings. The van der Waals surface area contributed by atoms with E-state index in [4.69, 9.17) is 4.74 Å². The minimum atomic E-state index is -0.365. The average molecular weight is 384 g/mol. The zero-order valence-electron chi connectivity index (χ0n) is 15.3. The number of thiazole rings is 1. The van der Waals surface area contributed by atoms with E-state index in [1.807, 2.05) is 25.2 Å². The Kier molecular flexibility index (Phi) is 6.16. The number of nitrogens with zero attached hydrogens (tertiary/aromatic N) is 1. The van der Waals surface area contributed by atoms with Gasteiger partial charge >= 0.3 is 5.97 Å². The molecule has 0 saturated carbocycles. The van der Waals surface area contributed by atoms with Crippen molar-refractivity contribution in [3.8, 4) is 0 Å². The van der Waals surface area contributed by atoms with Gasteiger partial charge in [0.1, 0.15) is 11.6 Å². The van der Waals surface area contributed by atoms with E-state index in [-0.39, 0.29) is 11.9 Å². The molecule has 2 aromatic carbocycles. The molecule has 0 bridgehead atoms. The maximum Gasteiger partial charge on any atom is 0.338 e. The Morgan fingerprint density at radius 2 is 1.89 bits per heavy atom. The molecule has 140 valence electrons. The highest BCUT2D eigenvalue weighted by Crippen LogP contribution is 2.20. The Hall–Kier alpha value is -2.77. The number of nitrogens with one attached hydrogen (secondary N) is 2. The molecular weight excluding hydrogens is 362 g/mol. The summed E-state index contributed by atoms with van der Waals surface area (Å²) in [5.74, 6) is -0.451. The molecule has 27 heavy (non-hydrogen) atoms. The van der Waals surface area contributed by atoms with Crippen LogP contribution in [0.15, 0.2) is 48.5 Å². The van der Waals surface area contributed by atoms with Crippen molar-refractivity contribution in [2.45, 2.75) is 13.5 Å². The molecule has 0 spiro atoms. The molecule has 1 atom stereocenters. The molecule has 0 radical (unpaired) electrons. The first-order valence-corrected chi connectivity index (χ1v) is 9.59. The molecule has 6 nitrogen and oxygen atoms in total. The fraction of sp³-hybridized carbons (Fsp3) is 0.250. The lowest BCUT2D eigenvalue weighted by Crippen LogP contribution is -3.08. The van der Waals surface area contributed by atoms with Crippen molar-refractivity contribution < 1.29 is 19.2 Å². The summed E-state index contributed by atoms with van der Waals surface area (Å²) in [6.07, 6.45) is 0. The van der Waals surface area contributed by atoms with Gasteiger partial charge in [0.2, 0.25) is 0 Å². The van der Waals surface area contributed by atoms with Gasteiger partial charge in [0.25, 0.3) is 5.91 Å². The number of likely N-dealkylation sites (N-methyl/N-ethyl adjacent to an activating group) is 1. The number of amides is 1. The lowest BCUT2D eigenvalue weighted by atomic mass is 10.2. The van der Waals surface area contributed by atoms with Crippen molar-refractivity contribution in [1.82, 2.24) is 4.98 Å².